The standard InChI is InChI=1S/C13H21BrN4O/c1-3-18-11(12(14)9(2)16-18)8-17-6-4-5-10(7-17)13(15)19/h10H,3-8H2,1-2H3,(H2,15,19). The highest BCUT2D eigenvalue weighted by molar-refractivity contribution is 9.10. The molecule has 106 valence electrons. The van der Waals surface area contributed by atoms with E-state index in [2.05, 4.69) is 32.9 Å². The zero-order chi connectivity index (χ0) is 14.0. The van der Waals surface area contributed by atoms with Crippen LogP contribution in [-0.4, -0.2) is 33.7 Å². The Balaban J connectivity index is 2.10. The zero-order valence-electron chi connectivity index (χ0n) is 11.5. The van der Waals surface area contributed by atoms with Gasteiger partial charge in [0.25, 0.3) is 0 Å². The maximum atomic E-state index is 11.3. The number of halogens is 1. The van der Waals surface area contributed by atoms with Gasteiger partial charge in [-0.1, -0.05) is 0 Å². The van der Waals surface area contributed by atoms with Crippen molar-refractivity contribution in [3.63, 3.8) is 0 Å². The van der Waals surface area contributed by atoms with E-state index in [4.69, 9.17) is 5.73 Å². The molecule has 0 aromatic carbocycles. The van der Waals surface area contributed by atoms with Crippen molar-refractivity contribution in [1.29, 1.82) is 0 Å². The fourth-order valence-corrected chi connectivity index (χ4v) is 3.07. The Kier molecular flexibility index (Phi) is 4.62. The fourth-order valence-electron chi connectivity index (χ4n) is 2.66. The van der Waals surface area contributed by atoms with Gasteiger partial charge in [0, 0.05) is 19.6 Å². The van der Waals surface area contributed by atoms with Crippen LogP contribution >= 0.6 is 15.9 Å². The second-order valence-corrected chi connectivity index (χ2v) is 5.93. The van der Waals surface area contributed by atoms with Crippen molar-refractivity contribution in [1.82, 2.24) is 14.7 Å². The number of likely N-dealkylation sites (tertiary alicyclic amines) is 1. The molecule has 2 N–H and O–H groups in total. The smallest absolute Gasteiger partial charge is 0.221 e. The van der Waals surface area contributed by atoms with Crippen LogP contribution in [-0.2, 0) is 17.9 Å². The first-order chi connectivity index (χ1) is 9.02. The molecule has 1 fully saturated rings. The van der Waals surface area contributed by atoms with Crippen LogP contribution in [0, 0.1) is 12.8 Å². The van der Waals surface area contributed by atoms with Gasteiger partial charge in [0.2, 0.25) is 5.91 Å². The molecular formula is C13H21BrN4O. The zero-order valence-corrected chi connectivity index (χ0v) is 13.1. The highest BCUT2D eigenvalue weighted by Crippen LogP contribution is 2.25. The molecule has 1 aliphatic heterocycles. The Morgan fingerprint density at radius 3 is 2.95 bits per heavy atom. The molecule has 1 aliphatic rings. The Bertz CT molecular complexity index is 471. The van der Waals surface area contributed by atoms with Crippen LogP contribution in [0.25, 0.3) is 0 Å². The van der Waals surface area contributed by atoms with E-state index in [0.29, 0.717) is 0 Å². The highest BCUT2D eigenvalue weighted by atomic mass is 79.9. The summed E-state index contributed by atoms with van der Waals surface area (Å²) in [4.78, 5) is 13.6. The van der Waals surface area contributed by atoms with Crippen LogP contribution in [0.4, 0.5) is 0 Å². The van der Waals surface area contributed by atoms with Gasteiger partial charge in [-0.2, -0.15) is 5.10 Å². The van der Waals surface area contributed by atoms with Gasteiger partial charge in [-0.3, -0.25) is 14.4 Å². The van der Waals surface area contributed by atoms with Gasteiger partial charge in [-0.15, -0.1) is 0 Å². The Hall–Kier alpha value is -0.880. The largest absolute Gasteiger partial charge is 0.369 e. The first-order valence-electron chi connectivity index (χ1n) is 6.76. The second-order valence-electron chi connectivity index (χ2n) is 5.14. The molecule has 1 aromatic rings. The number of hydrogen-bond acceptors (Lipinski definition) is 3. The molecule has 19 heavy (non-hydrogen) atoms. The molecule has 0 saturated carbocycles. The number of aromatic nitrogens is 2. The maximum absolute atomic E-state index is 11.3. The summed E-state index contributed by atoms with van der Waals surface area (Å²) < 4.78 is 3.10. The summed E-state index contributed by atoms with van der Waals surface area (Å²) in [6.45, 7) is 7.54. The number of piperidine rings is 1. The number of carbonyl (C=O) groups is 1. The molecule has 0 aliphatic carbocycles. The van der Waals surface area contributed by atoms with Crippen molar-refractivity contribution < 1.29 is 4.79 Å². The molecule has 2 heterocycles. The molecule has 1 saturated heterocycles. The van der Waals surface area contributed by atoms with E-state index < -0.39 is 0 Å². The molecule has 2 rings (SSSR count). The minimum absolute atomic E-state index is 0.00776. The third-order valence-electron chi connectivity index (χ3n) is 3.73. The van der Waals surface area contributed by atoms with E-state index in [9.17, 15) is 4.79 Å². The van der Waals surface area contributed by atoms with E-state index in [0.717, 1.165) is 49.2 Å². The van der Waals surface area contributed by atoms with Crippen molar-refractivity contribution in [2.45, 2.75) is 39.8 Å². The van der Waals surface area contributed by atoms with Crippen LogP contribution in [0.15, 0.2) is 4.47 Å². The predicted molar refractivity (Wildman–Crippen MR) is 77.5 cm³/mol. The fraction of sp³-hybridized carbons (Fsp3) is 0.692. The predicted octanol–water partition coefficient (Wildman–Crippen LogP) is 1.67. The number of rotatable bonds is 4. The second kappa shape index (κ2) is 6.05. The Morgan fingerprint density at radius 1 is 1.58 bits per heavy atom. The van der Waals surface area contributed by atoms with Gasteiger partial charge in [0.05, 0.1) is 21.8 Å². The molecule has 0 bridgehead atoms. The van der Waals surface area contributed by atoms with Crippen LogP contribution in [0.5, 0.6) is 0 Å². The van der Waals surface area contributed by atoms with Crippen LogP contribution in [0.1, 0.15) is 31.2 Å². The van der Waals surface area contributed by atoms with Gasteiger partial charge in [-0.05, 0) is 49.2 Å². The summed E-state index contributed by atoms with van der Waals surface area (Å²) in [6.07, 6.45) is 1.95. The molecule has 1 amide bonds. The average Bonchev–Trinajstić information content (AvgIpc) is 2.67. The third kappa shape index (κ3) is 3.17. The van der Waals surface area contributed by atoms with Crippen molar-refractivity contribution >= 4 is 21.8 Å². The number of primary amides is 1. The summed E-state index contributed by atoms with van der Waals surface area (Å²) in [6, 6.07) is 0. The third-order valence-corrected chi connectivity index (χ3v) is 4.77. The molecule has 1 unspecified atom stereocenters. The highest BCUT2D eigenvalue weighted by Gasteiger charge is 2.25. The normalized spacial score (nSPS) is 20.7. The molecule has 0 radical (unpaired) electrons. The average molecular weight is 329 g/mol. The monoisotopic (exact) mass is 328 g/mol. The quantitative estimate of drug-likeness (QED) is 0.914. The molecule has 6 heteroatoms. The molecule has 5 nitrogen and oxygen atoms in total. The van der Waals surface area contributed by atoms with Crippen LogP contribution in [0.2, 0.25) is 0 Å². The summed E-state index contributed by atoms with van der Waals surface area (Å²) in [7, 11) is 0. The lowest BCUT2D eigenvalue weighted by molar-refractivity contribution is -0.123. The minimum atomic E-state index is -0.177. The topological polar surface area (TPSA) is 64.2 Å². The van der Waals surface area contributed by atoms with E-state index >= 15 is 0 Å². The van der Waals surface area contributed by atoms with Gasteiger partial charge < -0.3 is 5.73 Å². The lowest BCUT2D eigenvalue weighted by Gasteiger charge is -2.31. The molecular weight excluding hydrogens is 308 g/mol. The summed E-state index contributed by atoms with van der Waals surface area (Å²) in [5.74, 6) is -0.185. The number of amides is 1. The van der Waals surface area contributed by atoms with Crippen molar-refractivity contribution in [2.75, 3.05) is 13.1 Å². The molecule has 0 spiro atoms. The molecule has 1 atom stereocenters. The van der Waals surface area contributed by atoms with Gasteiger partial charge in [-0.25, -0.2) is 0 Å². The van der Waals surface area contributed by atoms with Crippen LogP contribution in [0.3, 0.4) is 0 Å². The van der Waals surface area contributed by atoms with E-state index in [1.807, 2.05) is 11.6 Å². The summed E-state index contributed by atoms with van der Waals surface area (Å²) in [5, 5.41) is 4.50. The SMILES string of the molecule is CCn1nc(C)c(Br)c1CN1CCCC(C(N)=O)C1. The minimum Gasteiger partial charge on any atom is -0.369 e. The van der Waals surface area contributed by atoms with Gasteiger partial charge in [0.1, 0.15) is 0 Å². The number of nitrogens with two attached hydrogens (primary N) is 1. The van der Waals surface area contributed by atoms with Crippen molar-refractivity contribution in [2.24, 2.45) is 11.7 Å². The first kappa shape index (κ1) is 14.5. The Morgan fingerprint density at radius 2 is 2.32 bits per heavy atom. The Labute approximate surface area is 122 Å². The number of nitrogens with zero attached hydrogens (tertiary/aromatic N) is 3. The summed E-state index contributed by atoms with van der Waals surface area (Å²) in [5.41, 5.74) is 7.62. The number of carbonyl (C=O) groups excluding carboxylic acids is 1. The van der Waals surface area contributed by atoms with E-state index in [1.165, 1.54) is 5.69 Å². The maximum Gasteiger partial charge on any atom is 0.221 e. The van der Waals surface area contributed by atoms with Crippen molar-refractivity contribution in [3.05, 3.63) is 15.9 Å². The first-order valence-corrected chi connectivity index (χ1v) is 7.55. The van der Waals surface area contributed by atoms with Crippen molar-refractivity contribution in [3.8, 4) is 0 Å². The molecule has 1 aromatic heterocycles. The van der Waals surface area contributed by atoms with Crippen LogP contribution < -0.4 is 5.73 Å². The summed E-state index contributed by atoms with van der Waals surface area (Å²) >= 11 is 3.61. The van der Waals surface area contributed by atoms with Gasteiger partial charge >= 0.3 is 0 Å². The van der Waals surface area contributed by atoms with Gasteiger partial charge in [0.15, 0.2) is 0 Å². The number of aryl methyl sites for hydroxylation is 2. The van der Waals surface area contributed by atoms with E-state index in [-0.39, 0.29) is 11.8 Å². The van der Waals surface area contributed by atoms with E-state index in [1.54, 1.807) is 0 Å². The number of hydrogen-bond donors (Lipinski definition) is 1. The lowest BCUT2D eigenvalue weighted by Crippen LogP contribution is -2.41. The lowest BCUT2D eigenvalue weighted by atomic mass is 9.97.